The molecular weight excluding hydrogens is 52.0 g/mol. The van der Waals surface area contributed by atoms with Crippen LogP contribution in [0.25, 0.3) is 0 Å². The van der Waals surface area contributed by atoms with Crippen molar-refractivity contribution < 1.29 is 0 Å². The van der Waals surface area contributed by atoms with Crippen LogP contribution in [0.3, 0.4) is 0 Å². The fraction of sp³-hybridized carbons (Fsp3) is 1.00. The van der Waals surface area contributed by atoms with Gasteiger partial charge in [-0.1, -0.05) is 0 Å². The summed E-state index contributed by atoms with van der Waals surface area (Å²) in [6, 6.07) is 0. The van der Waals surface area contributed by atoms with Gasteiger partial charge in [0, 0.05) is 14.1 Å². The first kappa shape index (κ1) is 3.92. The molecule has 0 saturated heterocycles. The van der Waals surface area contributed by atoms with Gasteiger partial charge in [0.25, 0.3) is 0 Å². The number of hydrogen-bond acceptors (Lipinski definition) is 1. The van der Waals surface area contributed by atoms with Crippen LogP contribution in [0.4, 0.5) is 0 Å². The zero-order chi connectivity index (χ0) is 3.58. The Hall–Kier alpha value is -0.0800. The average molecular weight is 58.1 g/mol. The van der Waals surface area contributed by atoms with E-state index in [1.165, 1.54) is 0 Å². The highest BCUT2D eigenvalue weighted by Gasteiger charge is 1.62. The molecule has 0 amide bonds. The van der Waals surface area contributed by atoms with Crippen LogP contribution in [0.15, 0.2) is 0 Å². The lowest BCUT2D eigenvalue weighted by molar-refractivity contribution is 0.408. The molecule has 2 radical (unpaired) electrons. The van der Waals surface area contributed by atoms with Gasteiger partial charge in [-0.3, -0.25) is 0 Å². The van der Waals surface area contributed by atoms with Crippen LogP contribution in [0, 0.1) is 0 Å². The summed E-state index contributed by atoms with van der Waals surface area (Å²) in [6.45, 7) is 0. The lowest BCUT2D eigenvalue weighted by Gasteiger charge is -1.85. The van der Waals surface area contributed by atoms with Crippen molar-refractivity contribution in [3.05, 3.63) is 0 Å². The molecule has 0 atom stereocenters. The maximum Gasteiger partial charge on any atom is 0.00447 e. The second-order valence-corrected chi connectivity index (χ2v) is 0.847. The van der Waals surface area contributed by atoms with E-state index in [0.717, 1.165) is 5.01 Å². The van der Waals surface area contributed by atoms with Crippen LogP contribution >= 0.6 is 0 Å². The van der Waals surface area contributed by atoms with Crippen molar-refractivity contribution in [2.45, 2.75) is 0 Å². The third-order valence-corrected chi connectivity index (χ3v) is 0. The standard InChI is InChI=1S/C2H6N2/c1-4(2)3/h1-2H3. The van der Waals surface area contributed by atoms with Gasteiger partial charge >= 0.3 is 0 Å². The van der Waals surface area contributed by atoms with E-state index in [2.05, 4.69) is 0 Å². The minimum atomic E-state index is 1.00. The largest absolute Gasteiger partial charge is 0.215 e. The van der Waals surface area contributed by atoms with Crippen molar-refractivity contribution >= 4 is 0 Å². The van der Waals surface area contributed by atoms with Crippen molar-refractivity contribution in [3.63, 3.8) is 0 Å². The summed E-state index contributed by atoms with van der Waals surface area (Å²) in [5.74, 6) is 7.89. The molecular formula is C2H6N2. The summed E-state index contributed by atoms with van der Waals surface area (Å²) in [4.78, 5) is 0. The van der Waals surface area contributed by atoms with Gasteiger partial charge in [-0.25, -0.2) is 5.01 Å². The van der Waals surface area contributed by atoms with Crippen LogP contribution in [0.2, 0.25) is 0 Å². The van der Waals surface area contributed by atoms with Gasteiger partial charge in [0.2, 0.25) is 0 Å². The van der Waals surface area contributed by atoms with Gasteiger partial charge in [0.1, 0.15) is 0 Å². The second kappa shape index (κ2) is 1.26. The summed E-state index contributed by atoms with van der Waals surface area (Å²) in [5, 5.41) is 1.00. The second-order valence-electron chi connectivity index (χ2n) is 0.847. The third-order valence-electron chi connectivity index (χ3n) is 0. The molecule has 0 spiro atoms. The van der Waals surface area contributed by atoms with E-state index < -0.39 is 0 Å². The van der Waals surface area contributed by atoms with Crippen molar-refractivity contribution in [1.82, 2.24) is 10.9 Å². The normalized spacial score (nSPS) is 9.00. The highest BCUT2D eigenvalue weighted by molar-refractivity contribution is 3.99. The molecule has 0 heterocycles. The Labute approximate surface area is 26.2 Å². The quantitative estimate of drug-likeness (QED) is 0.346. The molecule has 2 heteroatoms. The Morgan fingerprint density at radius 2 is 1.50 bits per heavy atom. The lowest BCUT2D eigenvalue weighted by atomic mass is 11.2. The molecule has 0 rings (SSSR count). The summed E-state index contributed by atoms with van der Waals surface area (Å²) >= 11 is 0. The summed E-state index contributed by atoms with van der Waals surface area (Å²) in [5.41, 5.74) is 0. The minimum Gasteiger partial charge on any atom is -0.215 e. The van der Waals surface area contributed by atoms with Crippen molar-refractivity contribution in [3.8, 4) is 0 Å². The average Bonchev–Trinajstić information content (AvgIpc) is 0.811. The van der Waals surface area contributed by atoms with Gasteiger partial charge in [-0.2, -0.15) is 0 Å². The number of hydrogen-bond donors (Lipinski definition) is 0. The van der Waals surface area contributed by atoms with E-state index in [0.29, 0.717) is 0 Å². The molecule has 0 fully saturated rings. The molecule has 0 aromatic carbocycles. The van der Waals surface area contributed by atoms with Gasteiger partial charge in [-0.05, 0) is 5.84 Å². The minimum absolute atomic E-state index is 1.00. The van der Waals surface area contributed by atoms with E-state index >= 15 is 0 Å². The highest BCUT2D eigenvalue weighted by atomic mass is 15.4. The van der Waals surface area contributed by atoms with Crippen molar-refractivity contribution in [2.24, 2.45) is 0 Å². The Kier molecular flexibility index (Phi) is 1.24. The predicted molar refractivity (Wildman–Crippen MR) is 15.8 cm³/mol. The van der Waals surface area contributed by atoms with E-state index in [9.17, 15) is 0 Å². The Morgan fingerprint density at radius 3 is 1.50 bits per heavy atom. The fourth-order valence-electron chi connectivity index (χ4n) is 0. The van der Waals surface area contributed by atoms with Crippen LogP contribution in [0.5, 0.6) is 0 Å². The maximum absolute atomic E-state index is 7.89. The highest BCUT2D eigenvalue weighted by Crippen LogP contribution is 1.43. The zero-order valence-electron chi connectivity index (χ0n) is 2.89. The molecule has 24 valence electrons. The fourth-order valence-corrected chi connectivity index (χ4v) is 0. The third kappa shape index (κ3) is 254. The van der Waals surface area contributed by atoms with Crippen LogP contribution < -0.4 is 5.84 Å². The summed E-state index contributed by atoms with van der Waals surface area (Å²) in [7, 11) is 3.11. The first-order valence-corrected chi connectivity index (χ1v) is 1.09. The maximum atomic E-state index is 7.89. The SMILES string of the molecule is CN(C)[N]. The molecule has 0 N–H and O–H groups in total. The van der Waals surface area contributed by atoms with E-state index in [1.807, 2.05) is 0 Å². The van der Waals surface area contributed by atoms with Crippen LogP contribution in [0.1, 0.15) is 0 Å². The van der Waals surface area contributed by atoms with Gasteiger partial charge in [-0.15, -0.1) is 0 Å². The molecule has 0 aliphatic heterocycles. The molecule has 0 aromatic rings. The molecule has 0 unspecified atom stereocenters. The van der Waals surface area contributed by atoms with E-state index in [1.54, 1.807) is 14.1 Å². The molecule has 0 aromatic heterocycles. The molecule has 4 heavy (non-hydrogen) atoms. The van der Waals surface area contributed by atoms with Crippen LogP contribution in [-0.4, -0.2) is 19.1 Å². The first-order valence-electron chi connectivity index (χ1n) is 1.09. The topological polar surface area (TPSA) is 25.5 Å². The molecule has 0 aliphatic carbocycles. The molecule has 2 nitrogen and oxygen atoms in total. The van der Waals surface area contributed by atoms with Gasteiger partial charge in [0.05, 0.1) is 0 Å². The molecule has 0 saturated carbocycles. The van der Waals surface area contributed by atoms with Crippen LogP contribution in [-0.2, 0) is 0 Å². The smallest absolute Gasteiger partial charge is 0.00447 e. The molecule has 0 bridgehead atoms. The first-order chi connectivity index (χ1) is 1.73. The predicted octanol–water partition coefficient (Wildman–Crippen LogP) is -0.468. The summed E-state index contributed by atoms with van der Waals surface area (Å²) in [6.07, 6.45) is 0. The molecule has 0 aliphatic rings. The zero-order valence-corrected chi connectivity index (χ0v) is 2.89. The Bertz CT molecular complexity index is 8.75. The van der Waals surface area contributed by atoms with Crippen molar-refractivity contribution in [2.75, 3.05) is 14.1 Å². The van der Waals surface area contributed by atoms with E-state index in [4.69, 9.17) is 5.84 Å². The van der Waals surface area contributed by atoms with E-state index in [-0.39, 0.29) is 0 Å². The number of nitrogens with zero attached hydrogens (tertiary/aromatic N) is 2. The summed E-state index contributed by atoms with van der Waals surface area (Å²) < 4.78 is 0. The Balaban J connectivity index is 2.32. The Morgan fingerprint density at radius 1 is 1.50 bits per heavy atom. The lowest BCUT2D eigenvalue weighted by Crippen LogP contribution is -2.04. The van der Waals surface area contributed by atoms with Crippen molar-refractivity contribution in [1.29, 1.82) is 0 Å². The number of rotatable bonds is 0. The van der Waals surface area contributed by atoms with Gasteiger partial charge in [0.15, 0.2) is 0 Å². The van der Waals surface area contributed by atoms with Gasteiger partial charge < -0.3 is 0 Å². The monoisotopic (exact) mass is 58.1 g/mol.